The highest BCUT2D eigenvalue weighted by Gasteiger charge is 2.38. The number of piperidine rings is 1. The van der Waals surface area contributed by atoms with Crippen LogP contribution in [-0.4, -0.2) is 83.8 Å². The zero-order valence-electron chi connectivity index (χ0n) is 19.9. The van der Waals surface area contributed by atoms with Gasteiger partial charge in [0.15, 0.2) is 0 Å². The van der Waals surface area contributed by atoms with Crippen molar-refractivity contribution in [3.63, 3.8) is 0 Å². The van der Waals surface area contributed by atoms with Gasteiger partial charge in [-0.2, -0.15) is 0 Å². The number of carbonyl (C=O) groups excluding carboxylic acids is 1. The quantitative estimate of drug-likeness (QED) is 0.670. The molecule has 4 heterocycles. The second-order valence-electron chi connectivity index (χ2n) is 9.43. The van der Waals surface area contributed by atoms with Gasteiger partial charge in [0, 0.05) is 57.2 Å². The summed E-state index contributed by atoms with van der Waals surface area (Å²) in [5.41, 5.74) is 2.06. The number of morpholine rings is 1. The number of benzene rings is 1. The van der Waals surface area contributed by atoms with Crippen molar-refractivity contribution in [2.24, 2.45) is 0 Å². The van der Waals surface area contributed by atoms with Gasteiger partial charge < -0.3 is 19.1 Å². The topological polar surface area (TPSA) is 77.0 Å². The second-order valence-corrected chi connectivity index (χ2v) is 9.43. The van der Waals surface area contributed by atoms with Crippen LogP contribution in [0, 0.1) is 6.92 Å². The molecule has 0 bridgehead atoms. The molecule has 8 nitrogen and oxygen atoms in total. The molecular formula is C26H34N4O4. The van der Waals surface area contributed by atoms with E-state index in [4.69, 9.17) is 14.2 Å². The molecule has 0 N–H and O–H groups in total. The van der Waals surface area contributed by atoms with Crippen molar-refractivity contribution in [3.8, 4) is 11.6 Å². The number of hydrogen-bond acceptors (Lipinski definition) is 7. The van der Waals surface area contributed by atoms with Crippen LogP contribution in [0.1, 0.15) is 42.9 Å². The molecule has 0 radical (unpaired) electrons. The minimum atomic E-state index is -0.189. The molecule has 1 atom stereocenters. The van der Waals surface area contributed by atoms with Gasteiger partial charge in [-0.3, -0.25) is 14.7 Å². The van der Waals surface area contributed by atoms with E-state index in [1.54, 1.807) is 12.4 Å². The Labute approximate surface area is 201 Å². The average Bonchev–Trinajstić information content (AvgIpc) is 2.90. The fourth-order valence-corrected chi connectivity index (χ4v) is 5.28. The summed E-state index contributed by atoms with van der Waals surface area (Å²) in [4.78, 5) is 27.0. The van der Waals surface area contributed by atoms with Gasteiger partial charge in [-0.15, -0.1) is 0 Å². The molecule has 2 aromatic rings. The molecule has 1 aromatic heterocycles. The highest BCUT2D eigenvalue weighted by atomic mass is 16.5. The van der Waals surface area contributed by atoms with Crippen LogP contribution >= 0.6 is 0 Å². The first-order chi connectivity index (χ1) is 16.7. The molecule has 0 unspecified atom stereocenters. The van der Waals surface area contributed by atoms with E-state index in [9.17, 15) is 4.79 Å². The highest BCUT2D eigenvalue weighted by Crippen LogP contribution is 2.34. The summed E-state index contributed by atoms with van der Waals surface area (Å²) >= 11 is 0. The lowest BCUT2D eigenvalue weighted by atomic mass is 9.92. The van der Waals surface area contributed by atoms with Gasteiger partial charge in [0.1, 0.15) is 17.5 Å². The fraction of sp³-hybridized carbons (Fsp3) is 0.577. The maximum atomic E-state index is 13.5. The first kappa shape index (κ1) is 23.2. The lowest BCUT2D eigenvalue weighted by molar-refractivity contribution is -0.148. The van der Waals surface area contributed by atoms with Crippen LogP contribution in [-0.2, 0) is 14.3 Å². The van der Waals surface area contributed by atoms with Gasteiger partial charge in [0.2, 0.25) is 11.8 Å². The Balaban J connectivity index is 1.22. The van der Waals surface area contributed by atoms with Crippen molar-refractivity contribution in [3.05, 3.63) is 47.9 Å². The van der Waals surface area contributed by atoms with Crippen LogP contribution in [0.4, 0.5) is 0 Å². The number of likely N-dealkylation sites (tertiary alicyclic amines) is 1. The van der Waals surface area contributed by atoms with E-state index in [1.165, 1.54) is 5.56 Å². The number of ether oxygens (including phenoxy) is 3. The first-order valence-corrected chi connectivity index (χ1v) is 12.4. The number of rotatable bonds is 5. The van der Waals surface area contributed by atoms with E-state index >= 15 is 0 Å². The number of carbonyl (C=O) groups is 1. The van der Waals surface area contributed by atoms with E-state index in [1.807, 2.05) is 29.2 Å². The molecule has 3 aliphatic rings. The second kappa shape index (κ2) is 10.8. The number of aromatic nitrogens is 2. The molecule has 3 fully saturated rings. The maximum Gasteiger partial charge on any atom is 0.242 e. The van der Waals surface area contributed by atoms with Crippen molar-refractivity contribution < 1.29 is 19.0 Å². The summed E-state index contributed by atoms with van der Waals surface area (Å²) in [7, 11) is 0. The van der Waals surface area contributed by atoms with Gasteiger partial charge in [0.05, 0.1) is 13.2 Å². The Morgan fingerprint density at radius 2 is 1.68 bits per heavy atom. The first-order valence-electron chi connectivity index (χ1n) is 12.4. The number of amides is 1. The van der Waals surface area contributed by atoms with Crippen LogP contribution in [0.5, 0.6) is 11.6 Å². The largest absolute Gasteiger partial charge is 0.437 e. The number of hydrogen-bond donors (Lipinski definition) is 0. The third kappa shape index (κ3) is 5.24. The Kier molecular flexibility index (Phi) is 7.37. The molecular weight excluding hydrogens is 432 g/mol. The standard InChI is InChI=1S/C26H34N4O4/c1-19-2-4-22(5-3-19)34-25-24(27-10-11-28-25)20-6-12-29(13-7-20)26(31)23-18-33-17-14-30(23)21-8-15-32-16-9-21/h2-5,10-11,20-21,23H,6-9,12-18H2,1H3/t23-/m0/s1. The summed E-state index contributed by atoms with van der Waals surface area (Å²) in [6.45, 7) is 7.02. The molecule has 34 heavy (non-hydrogen) atoms. The summed E-state index contributed by atoms with van der Waals surface area (Å²) in [6, 6.07) is 8.16. The summed E-state index contributed by atoms with van der Waals surface area (Å²) in [5.74, 6) is 1.72. The molecule has 0 spiro atoms. The molecule has 3 aliphatic heterocycles. The minimum absolute atomic E-state index is 0.189. The molecule has 182 valence electrons. The van der Waals surface area contributed by atoms with Gasteiger partial charge in [-0.25, -0.2) is 4.98 Å². The summed E-state index contributed by atoms with van der Waals surface area (Å²) < 4.78 is 17.3. The number of nitrogens with zero attached hydrogens (tertiary/aromatic N) is 4. The molecule has 5 rings (SSSR count). The zero-order valence-corrected chi connectivity index (χ0v) is 19.9. The highest BCUT2D eigenvalue weighted by molar-refractivity contribution is 5.82. The molecule has 3 saturated heterocycles. The Morgan fingerprint density at radius 3 is 2.44 bits per heavy atom. The zero-order chi connectivity index (χ0) is 23.3. The predicted octanol–water partition coefficient (Wildman–Crippen LogP) is 3.16. The van der Waals surface area contributed by atoms with Crippen molar-refractivity contribution in [2.75, 3.05) is 46.1 Å². The van der Waals surface area contributed by atoms with Crippen molar-refractivity contribution in [2.45, 2.75) is 50.6 Å². The Morgan fingerprint density at radius 1 is 0.941 bits per heavy atom. The van der Waals surface area contributed by atoms with Crippen LogP contribution in [0.15, 0.2) is 36.7 Å². The smallest absolute Gasteiger partial charge is 0.242 e. The normalized spacial score (nSPS) is 23.1. The Hall–Kier alpha value is -2.55. The SMILES string of the molecule is Cc1ccc(Oc2nccnc2C2CCN(C(=O)[C@@H]3COCCN3C3CCOCC3)CC2)cc1. The van der Waals surface area contributed by atoms with E-state index < -0.39 is 0 Å². The van der Waals surface area contributed by atoms with Crippen molar-refractivity contribution >= 4 is 5.91 Å². The lowest BCUT2D eigenvalue weighted by Crippen LogP contribution is -2.59. The molecule has 8 heteroatoms. The number of aryl methyl sites for hydroxylation is 1. The van der Waals surface area contributed by atoms with Crippen molar-refractivity contribution in [1.29, 1.82) is 0 Å². The third-order valence-corrected chi connectivity index (χ3v) is 7.23. The maximum absolute atomic E-state index is 13.5. The van der Waals surface area contributed by atoms with E-state index in [-0.39, 0.29) is 17.9 Å². The van der Waals surface area contributed by atoms with Crippen LogP contribution in [0.3, 0.4) is 0 Å². The summed E-state index contributed by atoms with van der Waals surface area (Å²) in [5, 5.41) is 0. The van der Waals surface area contributed by atoms with Crippen molar-refractivity contribution in [1.82, 2.24) is 19.8 Å². The van der Waals surface area contributed by atoms with E-state index in [0.29, 0.717) is 38.2 Å². The minimum Gasteiger partial charge on any atom is -0.437 e. The molecule has 1 aromatic carbocycles. The predicted molar refractivity (Wildman–Crippen MR) is 127 cm³/mol. The molecule has 0 aliphatic carbocycles. The van der Waals surface area contributed by atoms with Crippen LogP contribution in [0.25, 0.3) is 0 Å². The molecule has 1 amide bonds. The fourth-order valence-electron chi connectivity index (χ4n) is 5.28. The van der Waals surface area contributed by atoms with Crippen LogP contribution < -0.4 is 4.74 Å². The molecule has 0 saturated carbocycles. The van der Waals surface area contributed by atoms with Gasteiger partial charge >= 0.3 is 0 Å². The van der Waals surface area contributed by atoms with Gasteiger partial charge in [0.25, 0.3) is 0 Å². The average molecular weight is 467 g/mol. The van der Waals surface area contributed by atoms with E-state index in [0.717, 1.165) is 56.9 Å². The van der Waals surface area contributed by atoms with E-state index in [2.05, 4.69) is 21.8 Å². The summed E-state index contributed by atoms with van der Waals surface area (Å²) in [6.07, 6.45) is 7.06. The van der Waals surface area contributed by atoms with Gasteiger partial charge in [-0.1, -0.05) is 17.7 Å². The lowest BCUT2D eigenvalue weighted by Gasteiger charge is -2.44. The third-order valence-electron chi connectivity index (χ3n) is 7.23. The Bertz CT molecular complexity index is 956. The monoisotopic (exact) mass is 466 g/mol. The van der Waals surface area contributed by atoms with Crippen LogP contribution in [0.2, 0.25) is 0 Å². The van der Waals surface area contributed by atoms with Gasteiger partial charge in [-0.05, 0) is 44.7 Å².